The lowest BCUT2D eigenvalue weighted by molar-refractivity contribution is 0.414. The minimum atomic E-state index is -0.584. The van der Waals surface area contributed by atoms with Crippen molar-refractivity contribution in [2.75, 3.05) is 7.11 Å². The molecule has 0 amide bonds. The number of nitrogens with two attached hydrogens (primary N) is 1. The van der Waals surface area contributed by atoms with Crippen LogP contribution in [0.4, 0.5) is 4.39 Å². The first-order valence-corrected chi connectivity index (χ1v) is 5.69. The summed E-state index contributed by atoms with van der Waals surface area (Å²) in [5, 5.41) is 0.489. The Kier molecular flexibility index (Phi) is 3.79. The summed E-state index contributed by atoms with van der Waals surface area (Å²) in [5.41, 5.74) is 7.13. The second-order valence-electron chi connectivity index (χ2n) is 3.77. The van der Waals surface area contributed by atoms with Crippen molar-refractivity contribution in [3.8, 4) is 5.75 Å². The standard InChI is InChI=1S/C13H12ClFN2O/c1-18-12-6-8(2-3-10(12)14)13(16)9-4-5-17-7-11(9)15/h2-7,13H,16H2,1H3. The van der Waals surface area contributed by atoms with Crippen LogP contribution in [0.25, 0.3) is 0 Å². The highest BCUT2D eigenvalue weighted by molar-refractivity contribution is 6.32. The molecule has 0 bridgehead atoms. The zero-order valence-electron chi connectivity index (χ0n) is 9.73. The number of benzene rings is 1. The molecule has 0 aliphatic rings. The number of hydrogen-bond acceptors (Lipinski definition) is 3. The van der Waals surface area contributed by atoms with E-state index in [4.69, 9.17) is 22.1 Å². The molecule has 1 aromatic carbocycles. The summed E-state index contributed by atoms with van der Waals surface area (Å²) in [4.78, 5) is 3.69. The fourth-order valence-corrected chi connectivity index (χ4v) is 1.88. The molecule has 1 aromatic heterocycles. The maximum absolute atomic E-state index is 13.6. The molecule has 0 aliphatic heterocycles. The second-order valence-corrected chi connectivity index (χ2v) is 4.18. The van der Waals surface area contributed by atoms with E-state index >= 15 is 0 Å². The van der Waals surface area contributed by atoms with Crippen molar-refractivity contribution in [3.63, 3.8) is 0 Å². The monoisotopic (exact) mass is 266 g/mol. The van der Waals surface area contributed by atoms with Crippen molar-refractivity contribution in [3.05, 3.63) is 58.6 Å². The molecule has 94 valence electrons. The summed E-state index contributed by atoms with van der Waals surface area (Å²) < 4.78 is 18.7. The van der Waals surface area contributed by atoms with Gasteiger partial charge in [0.2, 0.25) is 0 Å². The van der Waals surface area contributed by atoms with Crippen LogP contribution in [0.3, 0.4) is 0 Å². The highest BCUT2D eigenvalue weighted by atomic mass is 35.5. The Morgan fingerprint density at radius 3 is 2.83 bits per heavy atom. The van der Waals surface area contributed by atoms with Gasteiger partial charge in [-0.15, -0.1) is 0 Å². The van der Waals surface area contributed by atoms with Crippen molar-refractivity contribution in [1.82, 2.24) is 4.98 Å². The molecule has 2 rings (SSSR count). The number of pyridine rings is 1. The topological polar surface area (TPSA) is 48.1 Å². The maximum atomic E-state index is 13.6. The fraction of sp³-hybridized carbons (Fsp3) is 0.154. The largest absolute Gasteiger partial charge is 0.495 e. The van der Waals surface area contributed by atoms with Crippen molar-refractivity contribution in [1.29, 1.82) is 0 Å². The molecule has 3 nitrogen and oxygen atoms in total. The number of hydrogen-bond donors (Lipinski definition) is 1. The van der Waals surface area contributed by atoms with Crippen LogP contribution >= 0.6 is 11.6 Å². The maximum Gasteiger partial charge on any atom is 0.146 e. The van der Waals surface area contributed by atoms with E-state index in [1.165, 1.54) is 13.3 Å². The lowest BCUT2D eigenvalue weighted by atomic mass is 10.00. The van der Waals surface area contributed by atoms with Gasteiger partial charge < -0.3 is 10.5 Å². The summed E-state index contributed by atoms with van der Waals surface area (Å²) in [5.74, 6) is 0.0815. The highest BCUT2D eigenvalue weighted by Crippen LogP contribution is 2.29. The van der Waals surface area contributed by atoms with Crippen LogP contribution in [0.15, 0.2) is 36.7 Å². The van der Waals surface area contributed by atoms with Gasteiger partial charge in [-0.25, -0.2) is 4.39 Å². The minimum absolute atomic E-state index is 0.384. The molecule has 0 radical (unpaired) electrons. The molecule has 2 N–H and O–H groups in total. The molecular formula is C13H12ClFN2O. The van der Waals surface area contributed by atoms with Gasteiger partial charge in [-0.2, -0.15) is 0 Å². The molecule has 2 aromatic rings. The Labute approximate surface area is 109 Å². The van der Waals surface area contributed by atoms with E-state index in [-0.39, 0.29) is 0 Å². The molecule has 18 heavy (non-hydrogen) atoms. The number of methoxy groups -OCH3 is 1. The van der Waals surface area contributed by atoms with E-state index in [9.17, 15) is 4.39 Å². The van der Waals surface area contributed by atoms with E-state index in [1.54, 1.807) is 24.3 Å². The Balaban J connectivity index is 2.40. The Morgan fingerprint density at radius 2 is 2.17 bits per heavy atom. The summed E-state index contributed by atoms with van der Waals surface area (Å²) >= 11 is 5.93. The number of aromatic nitrogens is 1. The molecule has 5 heteroatoms. The first-order valence-electron chi connectivity index (χ1n) is 5.32. The summed E-state index contributed by atoms with van der Waals surface area (Å²) in [6.45, 7) is 0. The molecule has 0 saturated carbocycles. The lowest BCUT2D eigenvalue weighted by Gasteiger charge is -2.14. The van der Waals surface area contributed by atoms with Gasteiger partial charge >= 0.3 is 0 Å². The van der Waals surface area contributed by atoms with Gasteiger partial charge in [-0.05, 0) is 23.8 Å². The van der Waals surface area contributed by atoms with Gasteiger partial charge in [0.25, 0.3) is 0 Å². The van der Waals surface area contributed by atoms with Crippen LogP contribution in [0.1, 0.15) is 17.2 Å². The van der Waals surface area contributed by atoms with Crippen molar-refractivity contribution in [2.24, 2.45) is 5.73 Å². The summed E-state index contributed by atoms with van der Waals surface area (Å²) in [6, 6.07) is 6.09. The third-order valence-electron chi connectivity index (χ3n) is 2.67. The highest BCUT2D eigenvalue weighted by Gasteiger charge is 2.15. The van der Waals surface area contributed by atoms with Gasteiger partial charge in [0.15, 0.2) is 0 Å². The third-order valence-corrected chi connectivity index (χ3v) is 2.99. The molecule has 0 fully saturated rings. The Hall–Kier alpha value is -1.65. The van der Waals surface area contributed by atoms with Gasteiger partial charge in [-0.3, -0.25) is 4.98 Å². The summed E-state index contributed by atoms with van der Waals surface area (Å²) in [7, 11) is 1.52. The normalized spacial score (nSPS) is 12.2. The molecule has 0 spiro atoms. The fourth-order valence-electron chi connectivity index (χ4n) is 1.69. The first kappa shape index (κ1) is 12.8. The molecule has 0 saturated heterocycles. The van der Waals surface area contributed by atoms with Crippen molar-refractivity contribution < 1.29 is 9.13 Å². The van der Waals surface area contributed by atoms with E-state index < -0.39 is 11.9 Å². The average molecular weight is 267 g/mol. The molecule has 1 unspecified atom stereocenters. The summed E-state index contributed by atoms with van der Waals surface area (Å²) in [6.07, 6.45) is 2.65. The Morgan fingerprint density at radius 1 is 1.39 bits per heavy atom. The smallest absolute Gasteiger partial charge is 0.146 e. The van der Waals surface area contributed by atoms with E-state index in [1.807, 2.05) is 0 Å². The average Bonchev–Trinajstić information content (AvgIpc) is 2.39. The van der Waals surface area contributed by atoms with Crippen LogP contribution in [0, 0.1) is 5.82 Å². The van der Waals surface area contributed by atoms with Crippen LogP contribution in [-0.2, 0) is 0 Å². The number of rotatable bonds is 3. The third kappa shape index (κ3) is 2.44. The Bertz CT molecular complexity index is 562. The van der Waals surface area contributed by atoms with E-state index in [2.05, 4.69) is 4.98 Å². The van der Waals surface area contributed by atoms with Crippen LogP contribution in [0.5, 0.6) is 5.75 Å². The number of halogens is 2. The van der Waals surface area contributed by atoms with Gasteiger partial charge in [0, 0.05) is 11.8 Å². The van der Waals surface area contributed by atoms with Gasteiger partial charge in [0.1, 0.15) is 11.6 Å². The first-order chi connectivity index (χ1) is 8.63. The minimum Gasteiger partial charge on any atom is -0.495 e. The SMILES string of the molecule is COc1cc(C(N)c2ccncc2F)ccc1Cl. The predicted molar refractivity (Wildman–Crippen MR) is 68.2 cm³/mol. The van der Waals surface area contributed by atoms with Gasteiger partial charge in [0.05, 0.1) is 24.4 Å². The quantitative estimate of drug-likeness (QED) is 0.929. The van der Waals surface area contributed by atoms with Crippen molar-refractivity contribution >= 4 is 11.6 Å². The lowest BCUT2D eigenvalue weighted by Crippen LogP contribution is -2.13. The van der Waals surface area contributed by atoms with Crippen LogP contribution < -0.4 is 10.5 Å². The van der Waals surface area contributed by atoms with Crippen LogP contribution in [0.2, 0.25) is 5.02 Å². The number of nitrogens with zero attached hydrogens (tertiary/aromatic N) is 1. The zero-order valence-corrected chi connectivity index (χ0v) is 10.5. The second kappa shape index (κ2) is 5.33. The van der Waals surface area contributed by atoms with E-state index in [0.29, 0.717) is 16.3 Å². The zero-order chi connectivity index (χ0) is 13.1. The number of ether oxygens (including phenoxy) is 1. The van der Waals surface area contributed by atoms with Crippen molar-refractivity contribution in [2.45, 2.75) is 6.04 Å². The molecular weight excluding hydrogens is 255 g/mol. The van der Waals surface area contributed by atoms with Crippen LogP contribution in [-0.4, -0.2) is 12.1 Å². The molecule has 1 heterocycles. The molecule has 0 aliphatic carbocycles. The molecule has 1 atom stereocenters. The predicted octanol–water partition coefficient (Wildman–Crippen LogP) is 2.93. The van der Waals surface area contributed by atoms with Gasteiger partial charge in [-0.1, -0.05) is 17.7 Å². The van der Waals surface area contributed by atoms with E-state index in [0.717, 1.165) is 11.8 Å².